The van der Waals surface area contributed by atoms with Gasteiger partial charge in [0.2, 0.25) is 0 Å². The molecule has 0 bridgehead atoms. The monoisotopic (exact) mass is 200 g/mol. The summed E-state index contributed by atoms with van der Waals surface area (Å²) < 4.78 is 9.82. The fourth-order valence-electron chi connectivity index (χ4n) is 1.06. The molecule has 0 saturated heterocycles. The fourth-order valence-corrected chi connectivity index (χ4v) is 1.06. The summed E-state index contributed by atoms with van der Waals surface area (Å²) in [5.41, 5.74) is 0. The van der Waals surface area contributed by atoms with Gasteiger partial charge in [0, 0.05) is 6.42 Å². The Kier molecular flexibility index (Phi) is 6.89. The van der Waals surface area contributed by atoms with Crippen molar-refractivity contribution in [3.05, 3.63) is 12.3 Å². The molecular formula is C11H20O3. The molecule has 82 valence electrons. The van der Waals surface area contributed by atoms with E-state index in [9.17, 15) is 4.79 Å². The minimum atomic E-state index is -0.141. The zero-order chi connectivity index (χ0) is 11.0. The zero-order valence-corrected chi connectivity index (χ0v) is 9.34. The second-order valence-electron chi connectivity index (χ2n) is 3.59. The predicted octanol–water partition coefficient (Wildman–Crippen LogP) is 2.52. The molecule has 3 heteroatoms. The normalized spacial score (nSPS) is 11.9. The zero-order valence-electron chi connectivity index (χ0n) is 9.34. The number of allylic oxidation sites excluding steroid dienone is 1. The third-order valence-electron chi connectivity index (χ3n) is 1.92. The molecule has 0 N–H and O–H groups in total. The van der Waals surface area contributed by atoms with Crippen LogP contribution in [0.3, 0.4) is 0 Å². The van der Waals surface area contributed by atoms with Crippen molar-refractivity contribution in [1.29, 1.82) is 0 Å². The van der Waals surface area contributed by atoms with E-state index in [-0.39, 0.29) is 5.97 Å². The molecule has 0 rings (SSSR count). The van der Waals surface area contributed by atoms with Gasteiger partial charge in [-0.1, -0.05) is 13.5 Å². The van der Waals surface area contributed by atoms with Crippen molar-refractivity contribution in [3.8, 4) is 0 Å². The van der Waals surface area contributed by atoms with Gasteiger partial charge < -0.3 is 9.47 Å². The molecule has 0 heterocycles. The smallest absolute Gasteiger partial charge is 0.305 e. The minimum Gasteiger partial charge on any atom is -0.499 e. The lowest BCUT2D eigenvalue weighted by Gasteiger charge is -2.12. The number of hydrogen-bond donors (Lipinski definition) is 0. The summed E-state index contributed by atoms with van der Waals surface area (Å²) in [6.45, 7) is 8.26. The quantitative estimate of drug-likeness (QED) is 0.468. The third kappa shape index (κ3) is 7.65. The SMILES string of the molecule is C=C(C)OCC(C)CCCC(=O)OC. The van der Waals surface area contributed by atoms with Gasteiger partial charge in [-0.25, -0.2) is 0 Å². The van der Waals surface area contributed by atoms with Crippen molar-refractivity contribution >= 4 is 5.97 Å². The molecule has 0 aliphatic carbocycles. The average molecular weight is 200 g/mol. The van der Waals surface area contributed by atoms with Crippen molar-refractivity contribution in [3.63, 3.8) is 0 Å². The molecule has 0 spiro atoms. The molecule has 0 radical (unpaired) electrons. The molecule has 1 atom stereocenters. The van der Waals surface area contributed by atoms with E-state index in [0.717, 1.165) is 18.6 Å². The van der Waals surface area contributed by atoms with E-state index in [2.05, 4.69) is 18.2 Å². The van der Waals surface area contributed by atoms with Crippen LogP contribution in [-0.2, 0) is 14.3 Å². The van der Waals surface area contributed by atoms with Crippen LogP contribution in [0.2, 0.25) is 0 Å². The highest BCUT2D eigenvalue weighted by Gasteiger charge is 2.05. The molecular weight excluding hydrogens is 180 g/mol. The summed E-state index contributed by atoms with van der Waals surface area (Å²) in [5.74, 6) is 1.05. The predicted molar refractivity (Wildman–Crippen MR) is 55.8 cm³/mol. The van der Waals surface area contributed by atoms with Crippen LogP contribution >= 0.6 is 0 Å². The summed E-state index contributed by atoms with van der Waals surface area (Å²) in [7, 11) is 1.41. The van der Waals surface area contributed by atoms with E-state index in [1.807, 2.05) is 6.92 Å². The Labute approximate surface area is 86.1 Å². The van der Waals surface area contributed by atoms with Crippen LogP contribution in [0.1, 0.15) is 33.1 Å². The number of carbonyl (C=O) groups excluding carboxylic acids is 1. The maximum atomic E-state index is 10.8. The van der Waals surface area contributed by atoms with Gasteiger partial charge in [0.05, 0.1) is 19.5 Å². The largest absolute Gasteiger partial charge is 0.499 e. The van der Waals surface area contributed by atoms with Gasteiger partial charge in [-0.15, -0.1) is 0 Å². The first-order valence-corrected chi connectivity index (χ1v) is 4.91. The Bertz CT molecular complexity index is 187. The second kappa shape index (κ2) is 7.42. The van der Waals surface area contributed by atoms with Gasteiger partial charge in [0.15, 0.2) is 0 Å². The van der Waals surface area contributed by atoms with Crippen LogP contribution in [0.4, 0.5) is 0 Å². The Morgan fingerprint density at radius 3 is 2.64 bits per heavy atom. The van der Waals surface area contributed by atoms with Gasteiger partial charge in [0.25, 0.3) is 0 Å². The van der Waals surface area contributed by atoms with Crippen molar-refractivity contribution in [2.75, 3.05) is 13.7 Å². The number of hydrogen-bond acceptors (Lipinski definition) is 3. The summed E-state index contributed by atoms with van der Waals surface area (Å²) in [6, 6.07) is 0. The fraction of sp³-hybridized carbons (Fsp3) is 0.727. The van der Waals surface area contributed by atoms with Gasteiger partial charge in [-0.05, 0) is 25.7 Å². The molecule has 0 aromatic rings. The van der Waals surface area contributed by atoms with Crippen molar-refractivity contribution in [2.24, 2.45) is 5.92 Å². The number of esters is 1. The third-order valence-corrected chi connectivity index (χ3v) is 1.92. The van der Waals surface area contributed by atoms with Crippen LogP contribution in [0.25, 0.3) is 0 Å². The number of carbonyl (C=O) groups is 1. The maximum Gasteiger partial charge on any atom is 0.305 e. The van der Waals surface area contributed by atoms with E-state index >= 15 is 0 Å². The summed E-state index contributed by atoms with van der Waals surface area (Å²) in [6.07, 6.45) is 2.32. The second-order valence-corrected chi connectivity index (χ2v) is 3.59. The minimum absolute atomic E-state index is 0.141. The van der Waals surface area contributed by atoms with Crippen molar-refractivity contribution in [1.82, 2.24) is 0 Å². The van der Waals surface area contributed by atoms with E-state index in [1.54, 1.807) is 0 Å². The molecule has 1 unspecified atom stereocenters. The maximum absolute atomic E-state index is 10.8. The van der Waals surface area contributed by atoms with Crippen LogP contribution in [-0.4, -0.2) is 19.7 Å². The van der Waals surface area contributed by atoms with Crippen molar-refractivity contribution < 1.29 is 14.3 Å². The molecule has 14 heavy (non-hydrogen) atoms. The summed E-state index contributed by atoms with van der Waals surface area (Å²) >= 11 is 0. The molecule has 0 aliphatic rings. The molecule has 0 fully saturated rings. The summed E-state index contributed by atoms with van der Waals surface area (Å²) in [4.78, 5) is 10.8. The summed E-state index contributed by atoms with van der Waals surface area (Å²) in [5, 5.41) is 0. The Balaban J connectivity index is 3.39. The topological polar surface area (TPSA) is 35.5 Å². The van der Waals surface area contributed by atoms with Crippen molar-refractivity contribution in [2.45, 2.75) is 33.1 Å². The first-order chi connectivity index (χ1) is 6.56. The molecule has 0 aromatic carbocycles. The Morgan fingerprint density at radius 2 is 2.14 bits per heavy atom. The highest BCUT2D eigenvalue weighted by molar-refractivity contribution is 5.68. The molecule has 0 aliphatic heterocycles. The van der Waals surface area contributed by atoms with Crippen LogP contribution < -0.4 is 0 Å². The van der Waals surface area contributed by atoms with Crippen LogP contribution in [0, 0.1) is 5.92 Å². The lowest BCUT2D eigenvalue weighted by atomic mass is 10.1. The first-order valence-electron chi connectivity index (χ1n) is 4.91. The van der Waals surface area contributed by atoms with Gasteiger partial charge in [0.1, 0.15) is 0 Å². The molecule has 3 nitrogen and oxygen atoms in total. The highest BCUT2D eigenvalue weighted by atomic mass is 16.5. The number of methoxy groups -OCH3 is 1. The molecule has 0 amide bonds. The lowest BCUT2D eigenvalue weighted by Crippen LogP contribution is -2.06. The number of rotatable bonds is 7. The number of ether oxygens (including phenoxy) is 2. The van der Waals surface area contributed by atoms with E-state index < -0.39 is 0 Å². The Morgan fingerprint density at radius 1 is 1.50 bits per heavy atom. The highest BCUT2D eigenvalue weighted by Crippen LogP contribution is 2.10. The molecule has 0 aromatic heterocycles. The lowest BCUT2D eigenvalue weighted by molar-refractivity contribution is -0.140. The van der Waals surface area contributed by atoms with E-state index in [1.165, 1.54) is 7.11 Å². The van der Waals surface area contributed by atoms with Gasteiger partial charge in [-0.2, -0.15) is 0 Å². The molecule has 0 saturated carbocycles. The van der Waals surface area contributed by atoms with Crippen LogP contribution in [0.15, 0.2) is 12.3 Å². The van der Waals surface area contributed by atoms with Crippen LogP contribution in [0.5, 0.6) is 0 Å². The first kappa shape index (κ1) is 13.0. The average Bonchev–Trinajstić information content (AvgIpc) is 2.14. The Hall–Kier alpha value is -0.990. The van der Waals surface area contributed by atoms with E-state index in [0.29, 0.717) is 18.9 Å². The van der Waals surface area contributed by atoms with Gasteiger partial charge in [-0.3, -0.25) is 4.79 Å². The van der Waals surface area contributed by atoms with Gasteiger partial charge >= 0.3 is 5.97 Å². The standard InChI is InChI=1S/C11H20O3/c1-9(2)14-8-10(3)6-5-7-11(12)13-4/h10H,1,5-8H2,2-4H3. The van der Waals surface area contributed by atoms with E-state index in [4.69, 9.17) is 4.74 Å².